The second-order valence-corrected chi connectivity index (χ2v) is 6.84. The number of fused-ring (bicyclic) bond motifs is 5. The zero-order valence-corrected chi connectivity index (χ0v) is 19.3. The zero-order chi connectivity index (χ0) is 21.1. The number of nitrogens with zero attached hydrogens (tertiary/aromatic N) is 2. The summed E-state index contributed by atoms with van der Waals surface area (Å²) < 4.78 is 5.96. The van der Waals surface area contributed by atoms with E-state index in [4.69, 9.17) is 9.52 Å². The third kappa shape index (κ3) is 4.71. The van der Waals surface area contributed by atoms with Gasteiger partial charge < -0.3 is 9.52 Å². The van der Waals surface area contributed by atoms with E-state index in [0.29, 0.717) is 5.71 Å². The molecule has 157 valence electrons. The second kappa shape index (κ2) is 9.65. The summed E-state index contributed by atoms with van der Waals surface area (Å²) in [5, 5.41) is 12.7. The first-order chi connectivity index (χ1) is 14.5. The summed E-state index contributed by atoms with van der Waals surface area (Å²) in [6.07, 6.45) is 2.71. The van der Waals surface area contributed by atoms with Gasteiger partial charge in [-0.05, 0) is 30.7 Å². The molecule has 5 rings (SSSR count). The molecule has 3 aromatic carbocycles. The van der Waals surface area contributed by atoms with Crippen molar-refractivity contribution in [2.24, 2.45) is 0 Å². The van der Waals surface area contributed by atoms with Crippen LogP contribution in [0.1, 0.15) is 13.8 Å². The summed E-state index contributed by atoms with van der Waals surface area (Å²) in [6, 6.07) is 23.4. The van der Waals surface area contributed by atoms with Gasteiger partial charge >= 0.3 is 0 Å². The first-order valence-electron chi connectivity index (χ1n) is 9.44. The van der Waals surface area contributed by atoms with E-state index in [2.05, 4.69) is 34.2 Å². The third-order valence-corrected chi connectivity index (χ3v) is 4.54. The van der Waals surface area contributed by atoms with Gasteiger partial charge in [-0.15, -0.1) is 35.9 Å². The van der Waals surface area contributed by atoms with E-state index in [1.165, 1.54) is 25.3 Å². The first kappa shape index (κ1) is 22.3. The molecule has 1 radical (unpaired) electrons. The number of carbonyl (C=O) groups is 1. The monoisotopic (exact) mass is 588 g/mol. The van der Waals surface area contributed by atoms with Gasteiger partial charge in [-0.3, -0.25) is 9.78 Å². The predicted molar refractivity (Wildman–Crippen MR) is 118 cm³/mol. The fraction of sp³-hybridized carbons (Fsp3) is 0.0800. The van der Waals surface area contributed by atoms with Crippen molar-refractivity contribution in [2.75, 3.05) is 0 Å². The number of rotatable bonds is 2. The Kier molecular flexibility index (Phi) is 6.95. The van der Waals surface area contributed by atoms with Crippen LogP contribution in [-0.4, -0.2) is 20.9 Å². The van der Waals surface area contributed by atoms with E-state index < -0.39 is 0 Å². The Hall–Kier alpha value is -3.34. The van der Waals surface area contributed by atoms with Gasteiger partial charge in [0.2, 0.25) is 5.71 Å². The standard InChI is InChI=1S/C20H11N2O.C5H8O2.Ir/c1-2-7-14(8-3-1)19-18-17-15-9-5-4-6-13(15)10-11-16(17)23-20(18)22-12-21-19;1-4(6)3-5(2)7;/h1-7,9-12H;3,6H,1-2H3;/q-1;;/b;4-3-;. The molecular weight excluding hydrogens is 569 g/mol. The normalized spacial score (nSPS) is 11.1. The molecule has 5 aromatic rings. The van der Waals surface area contributed by atoms with Crippen LogP contribution in [0.2, 0.25) is 0 Å². The van der Waals surface area contributed by atoms with E-state index >= 15 is 0 Å². The topological polar surface area (TPSA) is 76.2 Å². The number of furan rings is 1. The molecule has 0 amide bonds. The molecule has 0 saturated carbocycles. The van der Waals surface area contributed by atoms with Crippen molar-refractivity contribution in [2.45, 2.75) is 13.8 Å². The van der Waals surface area contributed by atoms with Crippen LogP contribution in [0.3, 0.4) is 0 Å². The first-order valence-corrected chi connectivity index (χ1v) is 9.44. The molecule has 0 atom stereocenters. The molecule has 5 nitrogen and oxygen atoms in total. The molecule has 31 heavy (non-hydrogen) atoms. The molecule has 0 aliphatic rings. The van der Waals surface area contributed by atoms with E-state index in [9.17, 15) is 4.79 Å². The van der Waals surface area contributed by atoms with Crippen molar-refractivity contribution < 1.29 is 34.4 Å². The van der Waals surface area contributed by atoms with Crippen molar-refractivity contribution in [3.05, 3.63) is 84.9 Å². The van der Waals surface area contributed by atoms with Gasteiger partial charge in [-0.25, -0.2) is 4.98 Å². The number of ketones is 1. The molecule has 1 N–H and O–H groups in total. The minimum Gasteiger partial charge on any atom is -0.512 e. The summed E-state index contributed by atoms with van der Waals surface area (Å²) >= 11 is 0. The number of allylic oxidation sites excluding steroid dienone is 2. The van der Waals surface area contributed by atoms with Gasteiger partial charge in [-0.2, -0.15) is 0 Å². The van der Waals surface area contributed by atoms with Crippen LogP contribution in [0, 0.1) is 6.07 Å². The van der Waals surface area contributed by atoms with Gasteiger partial charge in [-0.1, -0.05) is 30.3 Å². The van der Waals surface area contributed by atoms with Crippen molar-refractivity contribution in [1.29, 1.82) is 0 Å². The summed E-state index contributed by atoms with van der Waals surface area (Å²) in [7, 11) is 0. The number of hydrogen-bond donors (Lipinski definition) is 1. The Morgan fingerprint density at radius 2 is 1.77 bits per heavy atom. The van der Waals surface area contributed by atoms with Crippen LogP contribution in [0.4, 0.5) is 0 Å². The second-order valence-electron chi connectivity index (χ2n) is 6.84. The summed E-state index contributed by atoms with van der Waals surface area (Å²) in [4.78, 5) is 18.8. The van der Waals surface area contributed by atoms with Gasteiger partial charge in [0, 0.05) is 42.6 Å². The third-order valence-electron chi connectivity index (χ3n) is 4.54. The molecule has 0 aliphatic carbocycles. The fourth-order valence-corrected chi connectivity index (χ4v) is 3.41. The van der Waals surface area contributed by atoms with E-state index in [0.717, 1.165) is 33.0 Å². The molecule has 2 heterocycles. The smallest absolute Gasteiger partial charge is 0.221 e. The maximum absolute atomic E-state index is 10.0. The van der Waals surface area contributed by atoms with Gasteiger partial charge in [0.05, 0.1) is 5.76 Å². The van der Waals surface area contributed by atoms with Crippen molar-refractivity contribution in [1.82, 2.24) is 9.97 Å². The summed E-state index contributed by atoms with van der Waals surface area (Å²) in [5.74, 6) is -0.0625. The number of aromatic nitrogens is 2. The number of benzene rings is 3. The van der Waals surface area contributed by atoms with Crippen LogP contribution in [-0.2, 0) is 24.9 Å². The van der Waals surface area contributed by atoms with Crippen molar-refractivity contribution in [3.63, 3.8) is 0 Å². The van der Waals surface area contributed by atoms with E-state index in [1.54, 1.807) is 6.33 Å². The predicted octanol–water partition coefficient (Wildman–Crippen LogP) is 6.03. The molecule has 0 spiro atoms. The zero-order valence-electron chi connectivity index (χ0n) is 16.9. The van der Waals surface area contributed by atoms with Gasteiger partial charge in [0.15, 0.2) is 5.78 Å². The maximum atomic E-state index is 10.0. The molecule has 6 heteroatoms. The molecule has 0 unspecified atom stereocenters. The summed E-state index contributed by atoms with van der Waals surface area (Å²) in [5.41, 5.74) is 3.23. The van der Waals surface area contributed by atoms with Crippen molar-refractivity contribution in [3.8, 4) is 11.3 Å². The van der Waals surface area contributed by atoms with E-state index in [1.807, 2.05) is 42.5 Å². The van der Waals surface area contributed by atoms with Crippen LogP contribution >= 0.6 is 0 Å². The van der Waals surface area contributed by atoms with Crippen LogP contribution in [0.25, 0.3) is 44.1 Å². The van der Waals surface area contributed by atoms with Gasteiger partial charge in [0.1, 0.15) is 11.9 Å². The SMILES string of the molecule is CC(=O)/C=C(/C)O.[Ir].[c-]1ccccc1-c1ncnc2oc3ccc4ccccc4c3c12. The number of aliphatic hydroxyl groups excluding tert-OH is 1. The number of carbonyl (C=O) groups excluding carboxylic acids is 1. The number of aliphatic hydroxyl groups is 1. The Balaban J connectivity index is 0.000000299. The summed E-state index contributed by atoms with van der Waals surface area (Å²) in [6.45, 7) is 2.85. The van der Waals surface area contributed by atoms with Gasteiger partial charge in [0.25, 0.3) is 0 Å². The Morgan fingerprint density at radius 1 is 1.00 bits per heavy atom. The Labute approximate surface area is 192 Å². The molecule has 0 bridgehead atoms. The van der Waals surface area contributed by atoms with Crippen molar-refractivity contribution >= 4 is 38.6 Å². The fourth-order valence-electron chi connectivity index (χ4n) is 3.41. The average Bonchev–Trinajstić information content (AvgIpc) is 3.13. The van der Waals surface area contributed by atoms with Crippen LogP contribution in [0.15, 0.2) is 83.2 Å². The Bertz CT molecular complexity index is 1390. The minimum absolute atomic E-state index is 0. The van der Waals surface area contributed by atoms with Crippen LogP contribution < -0.4 is 0 Å². The maximum Gasteiger partial charge on any atom is 0.221 e. The average molecular weight is 588 g/mol. The Morgan fingerprint density at radius 3 is 2.45 bits per heavy atom. The van der Waals surface area contributed by atoms with Crippen LogP contribution in [0.5, 0.6) is 0 Å². The quantitative estimate of drug-likeness (QED) is 0.155. The molecule has 0 fully saturated rings. The molecule has 0 aliphatic heterocycles. The number of hydrogen-bond acceptors (Lipinski definition) is 5. The van der Waals surface area contributed by atoms with E-state index in [-0.39, 0.29) is 31.6 Å². The molecule has 0 saturated heterocycles. The molecular formula is C25H19IrN2O3-. The largest absolute Gasteiger partial charge is 0.512 e. The minimum atomic E-state index is -0.125. The molecule has 2 aromatic heterocycles.